The number of amides is 1. The SMILES string of the molecule is Cc1cc(=O)c(C(=O)Nc2ccccc2O)nn1-c1ccc(Cl)cc1. The Hall–Kier alpha value is -3.12. The van der Waals surface area contributed by atoms with Crippen LogP contribution in [-0.2, 0) is 0 Å². The predicted octanol–water partition coefficient (Wildman–Crippen LogP) is 3.15. The summed E-state index contributed by atoms with van der Waals surface area (Å²) in [4.78, 5) is 24.6. The van der Waals surface area contributed by atoms with Crippen LogP contribution in [-0.4, -0.2) is 20.8 Å². The summed E-state index contributed by atoms with van der Waals surface area (Å²) in [7, 11) is 0. The Labute approximate surface area is 148 Å². The Bertz CT molecular complexity index is 997. The molecule has 0 saturated carbocycles. The fourth-order valence-corrected chi connectivity index (χ4v) is 2.44. The van der Waals surface area contributed by atoms with Crippen LogP contribution in [0.2, 0.25) is 5.02 Å². The molecule has 3 aromatic rings. The first-order chi connectivity index (χ1) is 12.0. The first-order valence-corrected chi connectivity index (χ1v) is 7.80. The smallest absolute Gasteiger partial charge is 0.280 e. The van der Waals surface area contributed by atoms with Crippen molar-refractivity contribution in [2.24, 2.45) is 0 Å². The minimum absolute atomic E-state index is 0.0963. The highest BCUT2D eigenvalue weighted by Crippen LogP contribution is 2.21. The Morgan fingerprint density at radius 1 is 1.16 bits per heavy atom. The van der Waals surface area contributed by atoms with Gasteiger partial charge in [0.25, 0.3) is 5.91 Å². The van der Waals surface area contributed by atoms with Gasteiger partial charge >= 0.3 is 0 Å². The molecule has 126 valence electrons. The molecule has 0 bridgehead atoms. The third-order valence-electron chi connectivity index (χ3n) is 3.55. The van der Waals surface area contributed by atoms with E-state index in [4.69, 9.17) is 11.6 Å². The molecule has 0 aliphatic rings. The minimum Gasteiger partial charge on any atom is -0.506 e. The summed E-state index contributed by atoms with van der Waals surface area (Å²) in [6.45, 7) is 1.72. The van der Waals surface area contributed by atoms with Gasteiger partial charge in [-0.3, -0.25) is 9.59 Å². The first kappa shape index (κ1) is 16.7. The maximum Gasteiger partial charge on any atom is 0.280 e. The van der Waals surface area contributed by atoms with E-state index >= 15 is 0 Å². The number of nitrogens with zero attached hydrogens (tertiary/aromatic N) is 2. The fourth-order valence-electron chi connectivity index (χ4n) is 2.31. The third kappa shape index (κ3) is 3.54. The van der Waals surface area contributed by atoms with Crippen molar-refractivity contribution >= 4 is 23.2 Å². The summed E-state index contributed by atoms with van der Waals surface area (Å²) in [5.41, 5.74) is 0.664. The number of anilines is 1. The molecule has 0 aliphatic carbocycles. The number of aryl methyl sites for hydroxylation is 1. The zero-order chi connectivity index (χ0) is 18.0. The number of phenols is 1. The Balaban J connectivity index is 2.00. The molecule has 0 saturated heterocycles. The van der Waals surface area contributed by atoms with Crippen LogP contribution in [0, 0.1) is 6.92 Å². The van der Waals surface area contributed by atoms with Crippen LogP contribution in [0.15, 0.2) is 59.4 Å². The molecule has 6 nitrogen and oxygen atoms in total. The molecule has 1 aromatic heterocycles. The highest BCUT2D eigenvalue weighted by Gasteiger charge is 2.16. The summed E-state index contributed by atoms with van der Waals surface area (Å²) in [5, 5.41) is 17.0. The predicted molar refractivity (Wildman–Crippen MR) is 95.6 cm³/mol. The third-order valence-corrected chi connectivity index (χ3v) is 3.80. The Morgan fingerprint density at radius 3 is 2.52 bits per heavy atom. The highest BCUT2D eigenvalue weighted by molar-refractivity contribution is 6.30. The molecule has 25 heavy (non-hydrogen) atoms. The second-order valence-corrected chi connectivity index (χ2v) is 5.79. The molecule has 0 aliphatic heterocycles. The van der Waals surface area contributed by atoms with Crippen molar-refractivity contribution in [3.8, 4) is 11.4 Å². The summed E-state index contributed by atoms with van der Waals surface area (Å²) in [6, 6.07) is 14.4. The van der Waals surface area contributed by atoms with Crippen molar-refractivity contribution in [2.45, 2.75) is 6.92 Å². The number of hydrogen-bond acceptors (Lipinski definition) is 4. The molecule has 2 aromatic carbocycles. The lowest BCUT2D eigenvalue weighted by atomic mass is 10.2. The number of phenolic OH excluding ortho intramolecular Hbond substituents is 1. The van der Waals surface area contributed by atoms with Gasteiger partial charge in [-0.1, -0.05) is 23.7 Å². The van der Waals surface area contributed by atoms with Crippen molar-refractivity contribution < 1.29 is 9.90 Å². The number of aromatic nitrogens is 2. The van der Waals surface area contributed by atoms with Gasteiger partial charge in [-0.2, -0.15) is 5.10 Å². The van der Waals surface area contributed by atoms with E-state index in [0.29, 0.717) is 16.4 Å². The van der Waals surface area contributed by atoms with Gasteiger partial charge < -0.3 is 10.4 Å². The van der Waals surface area contributed by atoms with Crippen LogP contribution >= 0.6 is 11.6 Å². The molecule has 0 radical (unpaired) electrons. The maximum absolute atomic E-state index is 12.4. The minimum atomic E-state index is -0.700. The van der Waals surface area contributed by atoms with Crippen LogP contribution in [0.4, 0.5) is 5.69 Å². The average Bonchev–Trinajstić information content (AvgIpc) is 2.58. The number of aromatic hydroxyl groups is 1. The van der Waals surface area contributed by atoms with Crippen molar-refractivity contribution in [3.05, 3.63) is 81.2 Å². The molecule has 3 rings (SSSR count). The number of carbonyl (C=O) groups is 1. The van der Waals surface area contributed by atoms with Gasteiger partial charge in [0, 0.05) is 16.8 Å². The van der Waals surface area contributed by atoms with Crippen LogP contribution in [0.1, 0.15) is 16.2 Å². The van der Waals surface area contributed by atoms with E-state index in [1.54, 1.807) is 43.3 Å². The number of nitrogens with one attached hydrogen (secondary N) is 1. The van der Waals surface area contributed by atoms with Crippen molar-refractivity contribution in [3.63, 3.8) is 0 Å². The number of benzene rings is 2. The van der Waals surface area contributed by atoms with Gasteiger partial charge in [0.2, 0.25) is 5.43 Å². The summed E-state index contributed by atoms with van der Waals surface area (Å²) in [5.74, 6) is -0.796. The standard InChI is InChI=1S/C18H14ClN3O3/c1-11-10-16(24)17(18(25)20-14-4-2-3-5-15(14)23)21-22(11)13-8-6-12(19)7-9-13/h2-10,23H,1H3,(H,20,25). The van der Waals surface area contributed by atoms with Gasteiger partial charge in [0.15, 0.2) is 5.69 Å². The van der Waals surface area contributed by atoms with Gasteiger partial charge in [0.1, 0.15) is 5.75 Å². The molecule has 1 heterocycles. The summed E-state index contributed by atoms with van der Waals surface area (Å²) >= 11 is 5.88. The lowest BCUT2D eigenvalue weighted by Crippen LogP contribution is -2.26. The molecule has 0 spiro atoms. The number of carbonyl (C=O) groups excluding carboxylic acids is 1. The van der Waals surface area contributed by atoms with E-state index < -0.39 is 11.3 Å². The average molecular weight is 356 g/mol. The van der Waals surface area contributed by atoms with E-state index in [-0.39, 0.29) is 17.1 Å². The quantitative estimate of drug-likeness (QED) is 0.707. The van der Waals surface area contributed by atoms with Gasteiger partial charge in [0.05, 0.1) is 11.4 Å². The van der Waals surface area contributed by atoms with E-state index in [1.165, 1.54) is 22.9 Å². The van der Waals surface area contributed by atoms with Gasteiger partial charge in [-0.05, 0) is 43.3 Å². The lowest BCUT2D eigenvalue weighted by Gasteiger charge is -2.12. The fraction of sp³-hybridized carbons (Fsp3) is 0.0556. The monoisotopic (exact) mass is 355 g/mol. The second-order valence-electron chi connectivity index (χ2n) is 5.36. The molecular weight excluding hydrogens is 342 g/mol. The number of hydrogen-bond donors (Lipinski definition) is 2. The van der Waals surface area contributed by atoms with E-state index in [9.17, 15) is 14.7 Å². The normalized spacial score (nSPS) is 10.5. The summed E-state index contributed by atoms with van der Waals surface area (Å²) in [6.07, 6.45) is 0. The molecule has 0 atom stereocenters. The molecule has 0 fully saturated rings. The number of rotatable bonds is 3. The van der Waals surface area contributed by atoms with Crippen molar-refractivity contribution in [1.82, 2.24) is 9.78 Å². The zero-order valence-electron chi connectivity index (χ0n) is 13.2. The molecule has 1 amide bonds. The first-order valence-electron chi connectivity index (χ1n) is 7.42. The van der Waals surface area contributed by atoms with Crippen molar-refractivity contribution in [2.75, 3.05) is 5.32 Å². The highest BCUT2D eigenvalue weighted by atomic mass is 35.5. The van der Waals surface area contributed by atoms with E-state index in [1.807, 2.05) is 0 Å². The molecular formula is C18H14ClN3O3. The maximum atomic E-state index is 12.4. The number of para-hydroxylation sites is 2. The Kier molecular flexibility index (Phi) is 4.54. The largest absolute Gasteiger partial charge is 0.506 e. The lowest BCUT2D eigenvalue weighted by molar-refractivity contribution is 0.101. The second kappa shape index (κ2) is 6.78. The van der Waals surface area contributed by atoms with Gasteiger partial charge in [-0.15, -0.1) is 0 Å². The van der Waals surface area contributed by atoms with Crippen LogP contribution < -0.4 is 10.7 Å². The topological polar surface area (TPSA) is 84.2 Å². The zero-order valence-corrected chi connectivity index (χ0v) is 14.0. The summed E-state index contributed by atoms with van der Waals surface area (Å²) < 4.78 is 1.48. The Morgan fingerprint density at radius 2 is 1.84 bits per heavy atom. The van der Waals surface area contributed by atoms with E-state index in [0.717, 1.165) is 0 Å². The van der Waals surface area contributed by atoms with Gasteiger partial charge in [-0.25, -0.2) is 4.68 Å². The van der Waals surface area contributed by atoms with Crippen LogP contribution in [0.3, 0.4) is 0 Å². The van der Waals surface area contributed by atoms with E-state index in [2.05, 4.69) is 10.4 Å². The molecule has 7 heteroatoms. The van der Waals surface area contributed by atoms with Crippen molar-refractivity contribution in [1.29, 1.82) is 0 Å². The molecule has 2 N–H and O–H groups in total. The number of halogens is 1. The van der Waals surface area contributed by atoms with Crippen LogP contribution in [0.5, 0.6) is 5.75 Å². The van der Waals surface area contributed by atoms with Crippen LogP contribution in [0.25, 0.3) is 5.69 Å². The molecule has 0 unspecified atom stereocenters.